The van der Waals surface area contributed by atoms with E-state index in [1.807, 2.05) is 0 Å². The maximum Gasteiger partial charge on any atom is 0.319 e. The molecule has 1 aromatic carbocycles. The predicted octanol–water partition coefficient (Wildman–Crippen LogP) is 6.60. The van der Waals surface area contributed by atoms with Crippen LogP contribution in [0.2, 0.25) is 0 Å². The molecule has 0 radical (unpaired) electrons. The number of benzene rings is 1. The summed E-state index contributed by atoms with van der Waals surface area (Å²) in [5, 5.41) is 14.8. The van der Waals surface area contributed by atoms with Crippen LogP contribution < -0.4 is 10.6 Å². The summed E-state index contributed by atoms with van der Waals surface area (Å²) in [6.07, 6.45) is 17.3. The van der Waals surface area contributed by atoms with Gasteiger partial charge >= 0.3 is 6.03 Å². The Kier molecular flexibility index (Phi) is 13.3. The van der Waals surface area contributed by atoms with Gasteiger partial charge in [0.1, 0.15) is 5.75 Å². The molecule has 0 saturated carbocycles. The first-order valence-electron chi connectivity index (χ1n) is 10.6. The molecule has 0 aliphatic heterocycles. The Morgan fingerprint density at radius 3 is 1.73 bits per heavy atom. The van der Waals surface area contributed by atoms with Crippen molar-refractivity contribution in [3.63, 3.8) is 0 Å². The number of anilines is 1. The van der Waals surface area contributed by atoms with Gasteiger partial charge in [0, 0.05) is 12.2 Å². The molecule has 148 valence electrons. The lowest BCUT2D eigenvalue weighted by atomic mass is 10.0. The highest BCUT2D eigenvalue weighted by Crippen LogP contribution is 2.14. The van der Waals surface area contributed by atoms with Crippen molar-refractivity contribution >= 4 is 11.7 Å². The molecule has 26 heavy (non-hydrogen) atoms. The number of aromatic hydroxyl groups is 1. The van der Waals surface area contributed by atoms with Crippen molar-refractivity contribution < 1.29 is 9.90 Å². The number of unbranched alkanes of at least 4 members (excludes halogenated alkanes) is 12. The summed E-state index contributed by atoms with van der Waals surface area (Å²) in [5.74, 6) is 0.197. The van der Waals surface area contributed by atoms with E-state index in [9.17, 15) is 9.90 Å². The van der Waals surface area contributed by atoms with Crippen molar-refractivity contribution in [1.29, 1.82) is 0 Å². The number of hydrogen-bond donors (Lipinski definition) is 3. The second-order valence-electron chi connectivity index (χ2n) is 7.17. The number of nitrogens with one attached hydrogen (secondary N) is 2. The number of phenolic OH excluding ortho intramolecular Hbond substituents is 1. The molecule has 0 aliphatic carbocycles. The van der Waals surface area contributed by atoms with Gasteiger partial charge in [-0.3, -0.25) is 0 Å². The third-order valence-electron chi connectivity index (χ3n) is 4.69. The largest absolute Gasteiger partial charge is 0.508 e. The van der Waals surface area contributed by atoms with E-state index in [1.165, 1.54) is 77.0 Å². The molecule has 3 N–H and O–H groups in total. The monoisotopic (exact) mass is 362 g/mol. The highest BCUT2D eigenvalue weighted by molar-refractivity contribution is 5.89. The first kappa shape index (κ1) is 22.3. The molecular weight excluding hydrogens is 324 g/mol. The summed E-state index contributed by atoms with van der Waals surface area (Å²) in [6.45, 7) is 2.98. The fourth-order valence-corrected chi connectivity index (χ4v) is 3.06. The average Bonchev–Trinajstić information content (AvgIpc) is 2.64. The molecule has 0 saturated heterocycles. The smallest absolute Gasteiger partial charge is 0.319 e. The van der Waals surface area contributed by atoms with Crippen LogP contribution in [0, 0.1) is 0 Å². The number of amides is 2. The van der Waals surface area contributed by atoms with Crippen molar-refractivity contribution in [3.8, 4) is 5.75 Å². The van der Waals surface area contributed by atoms with Crippen molar-refractivity contribution in [2.45, 2.75) is 90.4 Å². The summed E-state index contributed by atoms with van der Waals surface area (Å²) >= 11 is 0. The van der Waals surface area contributed by atoms with Gasteiger partial charge in [0.15, 0.2) is 0 Å². The quantitative estimate of drug-likeness (QED) is 0.243. The van der Waals surface area contributed by atoms with Gasteiger partial charge in [0.05, 0.1) is 0 Å². The maximum atomic E-state index is 11.7. The first-order valence-corrected chi connectivity index (χ1v) is 10.6. The molecule has 0 aromatic heterocycles. The predicted molar refractivity (Wildman–Crippen MR) is 111 cm³/mol. The zero-order chi connectivity index (χ0) is 18.9. The lowest BCUT2D eigenvalue weighted by molar-refractivity contribution is 0.252. The normalized spacial score (nSPS) is 10.7. The summed E-state index contributed by atoms with van der Waals surface area (Å²) < 4.78 is 0. The lowest BCUT2D eigenvalue weighted by Crippen LogP contribution is -2.29. The molecule has 2 amide bonds. The van der Waals surface area contributed by atoms with Gasteiger partial charge in [-0.2, -0.15) is 0 Å². The van der Waals surface area contributed by atoms with E-state index in [1.54, 1.807) is 24.3 Å². The molecule has 1 aromatic rings. The van der Waals surface area contributed by atoms with Crippen molar-refractivity contribution in [1.82, 2.24) is 5.32 Å². The van der Waals surface area contributed by atoms with Crippen LogP contribution in [-0.4, -0.2) is 17.7 Å². The van der Waals surface area contributed by atoms with Crippen LogP contribution in [0.15, 0.2) is 24.3 Å². The fourth-order valence-electron chi connectivity index (χ4n) is 3.06. The van der Waals surface area contributed by atoms with E-state index >= 15 is 0 Å². The van der Waals surface area contributed by atoms with Crippen molar-refractivity contribution in [2.75, 3.05) is 11.9 Å². The Bertz CT molecular complexity index is 460. The maximum absolute atomic E-state index is 11.7. The average molecular weight is 363 g/mol. The number of carbonyl (C=O) groups excluding carboxylic acids is 1. The van der Waals surface area contributed by atoms with Crippen LogP contribution in [0.25, 0.3) is 0 Å². The number of carbonyl (C=O) groups is 1. The van der Waals surface area contributed by atoms with Gasteiger partial charge in [-0.05, 0) is 30.7 Å². The molecular formula is C22H38N2O2. The zero-order valence-electron chi connectivity index (χ0n) is 16.6. The first-order chi connectivity index (χ1) is 12.7. The third kappa shape index (κ3) is 12.6. The minimum Gasteiger partial charge on any atom is -0.508 e. The SMILES string of the molecule is CCCCCCCCCCCCCCCNC(=O)Nc1ccc(O)cc1. The molecule has 0 bridgehead atoms. The molecule has 4 heteroatoms. The molecule has 1 rings (SSSR count). The van der Waals surface area contributed by atoms with E-state index in [0.29, 0.717) is 12.2 Å². The highest BCUT2D eigenvalue weighted by atomic mass is 16.3. The summed E-state index contributed by atoms with van der Waals surface area (Å²) in [7, 11) is 0. The Hall–Kier alpha value is -1.71. The van der Waals surface area contributed by atoms with Crippen LogP contribution in [0.3, 0.4) is 0 Å². The van der Waals surface area contributed by atoms with Crippen LogP contribution in [0.4, 0.5) is 10.5 Å². The minimum absolute atomic E-state index is 0.186. The zero-order valence-corrected chi connectivity index (χ0v) is 16.6. The van der Waals surface area contributed by atoms with Gasteiger partial charge in [-0.15, -0.1) is 0 Å². The van der Waals surface area contributed by atoms with Crippen molar-refractivity contribution in [2.24, 2.45) is 0 Å². The van der Waals surface area contributed by atoms with E-state index in [0.717, 1.165) is 6.42 Å². The Labute approximate surface area is 159 Å². The minimum atomic E-state index is -0.186. The van der Waals surface area contributed by atoms with Crippen LogP contribution in [0.1, 0.15) is 90.4 Å². The molecule has 0 unspecified atom stereocenters. The number of hydrogen-bond acceptors (Lipinski definition) is 2. The fraction of sp³-hybridized carbons (Fsp3) is 0.682. The lowest BCUT2D eigenvalue weighted by Gasteiger charge is -2.07. The molecule has 0 heterocycles. The molecule has 0 spiro atoms. The van der Waals surface area contributed by atoms with Gasteiger partial charge in [0.25, 0.3) is 0 Å². The Morgan fingerprint density at radius 2 is 1.23 bits per heavy atom. The Morgan fingerprint density at radius 1 is 0.769 bits per heavy atom. The summed E-state index contributed by atoms with van der Waals surface area (Å²) in [6, 6.07) is 6.29. The second kappa shape index (κ2) is 15.5. The Balaban J connectivity index is 1.83. The molecule has 4 nitrogen and oxygen atoms in total. The van der Waals surface area contributed by atoms with Crippen LogP contribution in [-0.2, 0) is 0 Å². The van der Waals surface area contributed by atoms with Gasteiger partial charge in [-0.25, -0.2) is 4.79 Å². The van der Waals surface area contributed by atoms with Gasteiger partial charge < -0.3 is 15.7 Å². The molecule has 0 fully saturated rings. The third-order valence-corrected chi connectivity index (χ3v) is 4.69. The topological polar surface area (TPSA) is 61.4 Å². The van der Waals surface area contributed by atoms with Gasteiger partial charge in [0.2, 0.25) is 0 Å². The van der Waals surface area contributed by atoms with E-state index in [-0.39, 0.29) is 11.8 Å². The number of phenols is 1. The molecule has 0 aliphatic rings. The van der Waals surface area contributed by atoms with E-state index in [4.69, 9.17) is 0 Å². The van der Waals surface area contributed by atoms with Crippen molar-refractivity contribution in [3.05, 3.63) is 24.3 Å². The number of rotatable bonds is 15. The number of urea groups is 1. The molecule has 0 atom stereocenters. The van der Waals surface area contributed by atoms with E-state index < -0.39 is 0 Å². The van der Waals surface area contributed by atoms with Crippen LogP contribution in [0.5, 0.6) is 5.75 Å². The summed E-state index contributed by atoms with van der Waals surface area (Å²) in [5.41, 5.74) is 0.686. The van der Waals surface area contributed by atoms with Gasteiger partial charge in [-0.1, -0.05) is 84.0 Å². The highest BCUT2D eigenvalue weighted by Gasteiger charge is 2.00. The second-order valence-corrected chi connectivity index (χ2v) is 7.17. The summed E-state index contributed by atoms with van der Waals surface area (Å²) in [4.78, 5) is 11.7. The standard InChI is InChI=1S/C22H38N2O2/c1-2-3-4-5-6-7-8-9-10-11-12-13-14-19-23-22(26)24-20-15-17-21(25)18-16-20/h15-18,25H,2-14,19H2,1H3,(H2,23,24,26). The van der Waals surface area contributed by atoms with E-state index in [2.05, 4.69) is 17.6 Å². The van der Waals surface area contributed by atoms with Crippen LogP contribution >= 0.6 is 0 Å².